The fourth-order valence-corrected chi connectivity index (χ4v) is 4.99. The van der Waals surface area contributed by atoms with E-state index in [-0.39, 0.29) is 5.97 Å². The second-order valence-corrected chi connectivity index (χ2v) is 8.34. The predicted octanol–water partition coefficient (Wildman–Crippen LogP) is 3.42. The van der Waals surface area contributed by atoms with Crippen molar-refractivity contribution in [1.29, 1.82) is 0 Å². The molecule has 0 saturated carbocycles. The van der Waals surface area contributed by atoms with Gasteiger partial charge in [0.15, 0.2) is 0 Å². The van der Waals surface area contributed by atoms with Crippen molar-refractivity contribution in [3.05, 3.63) is 41.7 Å². The number of rotatable bonds is 4. The van der Waals surface area contributed by atoms with Crippen LogP contribution < -0.4 is 0 Å². The molecule has 27 heavy (non-hydrogen) atoms. The smallest absolute Gasteiger partial charge is 0.340 e. The predicted molar refractivity (Wildman–Crippen MR) is 107 cm³/mol. The first-order valence-corrected chi connectivity index (χ1v) is 10.3. The van der Waals surface area contributed by atoms with Crippen molar-refractivity contribution in [3.8, 4) is 0 Å². The van der Waals surface area contributed by atoms with E-state index in [2.05, 4.69) is 33.5 Å². The highest BCUT2D eigenvalue weighted by molar-refractivity contribution is 5.93. The fourth-order valence-electron chi connectivity index (χ4n) is 4.99. The second-order valence-electron chi connectivity index (χ2n) is 8.34. The van der Waals surface area contributed by atoms with Crippen LogP contribution in [0, 0.1) is 5.41 Å². The first-order chi connectivity index (χ1) is 13.1. The van der Waals surface area contributed by atoms with Gasteiger partial charge in [0.05, 0.1) is 17.9 Å². The Labute approximate surface area is 161 Å². The van der Waals surface area contributed by atoms with Crippen molar-refractivity contribution in [2.24, 2.45) is 5.41 Å². The molecule has 0 aromatic carbocycles. The zero-order valence-corrected chi connectivity index (χ0v) is 16.6. The summed E-state index contributed by atoms with van der Waals surface area (Å²) < 4.78 is 7.46. The maximum atomic E-state index is 12.5. The normalized spacial score (nSPS) is 21.0. The molecule has 2 aliphatic rings. The second kappa shape index (κ2) is 7.64. The third-order valence-corrected chi connectivity index (χ3v) is 6.42. The highest BCUT2D eigenvalue weighted by Crippen LogP contribution is 2.39. The Kier molecular flexibility index (Phi) is 5.24. The van der Waals surface area contributed by atoms with Crippen molar-refractivity contribution < 1.29 is 9.53 Å². The third kappa shape index (κ3) is 3.76. The van der Waals surface area contributed by atoms with Gasteiger partial charge < -0.3 is 14.0 Å². The zero-order valence-electron chi connectivity index (χ0n) is 16.6. The standard InChI is InChI=1S/C22H31N3O2/c1-3-27-21(26)19-15-18-7-4-5-12-25(18)20(19)16-24-13-9-22(10-14-24)8-6-11-23(2)17-22/h4-5,7,12,15H,3,6,8-11,13-14,16-17H2,1-2H3. The summed E-state index contributed by atoms with van der Waals surface area (Å²) in [6.45, 7) is 7.76. The van der Waals surface area contributed by atoms with Gasteiger partial charge in [-0.1, -0.05) is 6.07 Å². The van der Waals surface area contributed by atoms with Gasteiger partial charge in [-0.05, 0) is 82.9 Å². The minimum atomic E-state index is -0.210. The number of hydrogen-bond donors (Lipinski definition) is 0. The molecule has 2 aliphatic heterocycles. The SMILES string of the molecule is CCOC(=O)c1cc2ccccn2c1CN1CCC2(CCCN(C)C2)CC1. The Hall–Kier alpha value is -1.85. The van der Waals surface area contributed by atoms with E-state index in [0.717, 1.165) is 30.8 Å². The summed E-state index contributed by atoms with van der Waals surface area (Å²) in [5, 5.41) is 0. The molecule has 4 rings (SSSR count). The number of fused-ring (bicyclic) bond motifs is 1. The molecule has 0 bridgehead atoms. The number of piperidine rings is 2. The molecule has 0 amide bonds. The van der Waals surface area contributed by atoms with Crippen LogP contribution in [0.25, 0.3) is 5.52 Å². The molecule has 2 saturated heterocycles. The lowest BCUT2D eigenvalue weighted by Crippen LogP contribution is -2.48. The average Bonchev–Trinajstić information content (AvgIpc) is 3.03. The number of likely N-dealkylation sites (tertiary alicyclic amines) is 2. The lowest BCUT2D eigenvalue weighted by atomic mass is 9.72. The quantitative estimate of drug-likeness (QED) is 0.774. The summed E-state index contributed by atoms with van der Waals surface area (Å²) >= 11 is 0. The van der Waals surface area contributed by atoms with E-state index in [4.69, 9.17) is 4.74 Å². The summed E-state index contributed by atoms with van der Waals surface area (Å²) in [5.74, 6) is -0.210. The Balaban J connectivity index is 1.52. The molecule has 5 nitrogen and oxygen atoms in total. The van der Waals surface area contributed by atoms with Gasteiger partial charge in [-0.3, -0.25) is 4.90 Å². The van der Waals surface area contributed by atoms with Gasteiger partial charge in [0.25, 0.3) is 0 Å². The minimum absolute atomic E-state index is 0.210. The topological polar surface area (TPSA) is 37.2 Å². The van der Waals surface area contributed by atoms with Crippen LogP contribution in [0.2, 0.25) is 0 Å². The van der Waals surface area contributed by atoms with Crippen LogP contribution in [0.3, 0.4) is 0 Å². The first kappa shape index (κ1) is 18.5. The number of pyridine rings is 1. The number of esters is 1. The fraction of sp³-hybridized carbons (Fsp3) is 0.591. The maximum absolute atomic E-state index is 12.5. The number of carbonyl (C=O) groups excluding carboxylic acids is 1. The number of ether oxygens (including phenoxy) is 1. The number of nitrogens with zero attached hydrogens (tertiary/aromatic N) is 3. The largest absolute Gasteiger partial charge is 0.462 e. The first-order valence-electron chi connectivity index (χ1n) is 10.3. The Bertz CT molecular complexity index is 805. The van der Waals surface area contributed by atoms with E-state index in [9.17, 15) is 4.79 Å². The summed E-state index contributed by atoms with van der Waals surface area (Å²) in [4.78, 5) is 17.5. The Morgan fingerprint density at radius 1 is 1.19 bits per heavy atom. The van der Waals surface area contributed by atoms with Crippen LogP contribution in [0.15, 0.2) is 30.5 Å². The number of carbonyl (C=O) groups is 1. The summed E-state index contributed by atoms with van der Waals surface area (Å²) in [5.41, 5.74) is 3.33. The molecule has 2 aromatic heterocycles. The summed E-state index contributed by atoms with van der Waals surface area (Å²) in [6.07, 6.45) is 7.26. The Morgan fingerprint density at radius 3 is 2.74 bits per heavy atom. The zero-order chi connectivity index (χ0) is 18.9. The van der Waals surface area contributed by atoms with Gasteiger partial charge in [0.1, 0.15) is 0 Å². The summed E-state index contributed by atoms with van der Waals surface area (Å²) in [7, 11) is 2.26. The van der Waals surface area contributed by atoms with Gasteiger partial charge >= 0.3 is 5.97 Å². The molecule has 0 aliphatic carbocycles. The third-order valence-electron chi connectivity index (χ3n) is 6.42. The average molecular weight is 370 g/mol. The van der Waals surface area contributed by atoms with E-state index in [1.54, 1.807) is 0 Å². The molecule has 2 fully saturated rings. The van der Waals surface area contributed by atoms with E-state index in [1.165, 1.54) is 38.8 Å². The van der Waals surface area contributed by atoms with Gasteiger partial charge in [0, 0.05) is 24.8 Å². The van der Waals surface area contributed by atoms with Crippen molar-refractivity contribution in [2.45, 2.75) is 39.2 Å². The van der Waals surface area contributed by atoms with E-state index in [1.807, 2.05) is 25.1 Å². The molecule has 0 radical (unpaired) electrons. The van der Waals surface area contributed by atoms with Gasteiger partial charge in [-0.25, -0.2) is 4.79 Å². The molecule has 0 N–H and O–H groups in total. The van der Waals surface area contributed by atoms with Crippen LogP contribution in [0.1, 0.15) is 48.7 Å². The van der Waals surface area contributed by atoms with Crippen molar-refractivity contribution in [3.63, 3.8) is 0 Å². The van der Waals surface area contributed by atoms with Gasteiger partial charge in [0.2, 0.25) is 0 Å². The van der Waals surface area contributed by atoms with Crippen LogP contribution in [0.4, 0.5) is 0 Å². The molecule has 2 aromatic rings. The Morgan fingerprint density at radius 2 is 2.00 bits per heavy atom. The van der Waals surface area contributed by atoms with Gasteiger partial charge in [-0.15, -0.1) is 0 Å². The van der Waals surface area contributed by atoms with E-state index >= 15 is 0 Å². The highest BCUT2D eigenvalue weighted by Gasteiger charge is 2.37. The van der Waals surface area contributed by atoms with Crippen molar-refractivity contribution in [2.75, 3.05) is 39.8 Å². The lowest BCUT2D eigenvalue weighted by molar-refractivity contribution is 0.0308. The van der Waals surface area contributed by atoms with Crippen LogP contribution >= 0.6 is 0 Å². The molecule has 0 unspecified atom stereocenters. The molecular formula is C22H31N3O2. The highest BCUT2D eigenvalue weighted by atomic mass is 16.5. The maximum Gasteiger partial charge on any atom is 0.340 e. The van der Waals surface area contributed by atoms with Crippen molar-refractivity contribution in [1.82, 2.24) is 14.2 Å². The molecule has 5 heteroatoms. The number of hydrogen-bond acceptors (Lipinski definition) is 4. The summed E-state index contributed by atoms with van der Waals surface area (Å²) in [6, 6.07) is 8.05. The van der Waals surface area contributed by atoms with Crippen molar-refractivity contribution >= 4 is 11.5 Å². The van der Waals surface area contributed by atoms with Gasteiger partial charge in [-0.2, -0.15) is 0 Å². The van der Waals surface area contributed by atoms with Crippen LogP contribution in [0.5, 0.6) is 0 Å². The molecule has 146 valence electrons. The lowest BCUT2D eigenvalue weighted by Gasteiger charge is -2.47. The monoisotopic (exact) mass is 369 g/mol. The minimum Gasteiger partial charge on any atom is -0.462 e. The van der Waals surface area contributed by atoms with Crippen LogP contribution in [-0.2, 0) is 11.3 Å². The molecular weight excluding hydrogens is 338 g/mol. The molecule has 0 atom stereocenters. The molecule has 1 spiro atoms. The van der Waals surface area contributed by atoms with Crippen LogP contribution in [-0.4, -0.2) is 60.0 Å². The number of aromatic nitrogens is 1. The van der Waals surface area contributed by atoms with E-state index in [0.29, 0.717) is 17.6 Å². The molecule has 4 heterocycles. The van der Waals surface area contributed by atoms with E-state index < -0.39 is 0 Å².